The number of aryl methyl sites for hydroxylation is 1. The van der Waals surface area contributed by atoms with Crippen molar-refractivity contribution in [3.8, 4) is 0 Å². The third-order valence-electron chi connectivity index (χ3n) is 4.83. The van der Waals surface area contributed by atoms with Crippen LogP contribution in [-0.2, 0) is 0 Å². The van der Waals surface area contributed by atoms with E-state index >= 15 is 0 Å². The second kappa shape index (κ2) is 6.91. The fourth-order valence-corrected chi connectivity index (χ4v) is 3.15. The lowest BCUT2D eigenvalue weighted by atomic mass is 9.77. The predicted molar refractivity (Wildman–Crippen MR) is 91.5 cm³/mol. The van der Waals surface area contributed by atoms with Gasteiger partial charge >= 0.3 is 0 Å². The summed E-state index contributed by atoms with van der Waals surface area (Å²) in [6, 6.07) is 17.2. The van der Waals surface area contributed by atoms with Crippen molar-refractivity contribution in [3.63, 3.8) is 0 Å². The van der Waals surface area contributed by atoms with Crippen LogP contribution in [0.5, 0.6) is 0 Å². The minimum atomic E-state index is 0.0437. The molecule has 0 spiro atoms. The van der Waals surface area contributed by atoms with E-state index in [1.165, 1.54) is 22.3 Å². The average molecular weight is 281 g/mol. The maximum atomic E-state index is 6.72. The molecule has 0 aromatic heterocycles. The van der Waals surface area contributed by atoms with Crippen molar-refractivity contribution in [2.45, 2.75) is 46.1 Å². The van der Waals surface area contributed by atoms with E-state index in [1.54, 1.807) is 0 Å². The molecule has 0 amide bonds. The summed E-state index contributed by atoms with van der Waals surface area (Å²) in [5.74, 6) is 0.916. The molecule has 0 radical (unpaired) electrons. The molecule has 2 N–H and O–H groups in total. The Labute approximate surface area is 129 Å². The Morgan fingerprint density at radius 2 is 1.62 bits per heavy atom. The number of rotatable bonds is 5. The number of hydrogen-bond acceptors (Lipinski definition) is 1. The molecule has 1 nitrogen and oxygen atoms in total. The minimum absolute atomic E-state index is 0.0437. The third kappa shape index (κ3) is 3.36. The standard InChI is InChI=1S/C20H27N/c1-5-14(2)19(17-11-7-6-8-12-17)20(21)18-13-9-10-15(3)16(18)4/h6-14,19-20H,5,21H2,1-4H3. The van der Waals surface area contributed by atoms with Crippen molar-refractivity contribution in [2.75, 3.05) is 0 Å². The molecule has 1 heteroatoms. The van der Waals surface area contributed by atoms with Crippen molar-refractivity contribution in [1.82, 2.24) is 0 Å². The number of nitrogens with two attached hydrogens (primary N) is 1. The fourth-order valence-electron chi connectivity index (χ4n) is 3.15. The average Bonchev–Trinajstić information content (AvgIpc) is 2.51. The van der Waals surface area contributed by atoms with E-state index in [-0.39, 0.29) is 6.04 Å². The minimum Gasteiger partial charge on any atom is -0.323 e. The summed E-state index contributed by atoms with van der Waals surface area (Å²) in [4.78, 5) is 0. The first-order chi connectivity index (χ1) is 10.1. The Hall–Kier alpha value is -1.60. The molecule has 2 aromatic carbocycles. The smallest absolute Gasteiger partial charge is 0.0369 e. The number of benzene rings is 2. The highest BCUT2D eigenvalue weighted by molar-refractivity contribution is 5.38. The van der Waals surface area contributed by atoms with Gasteiger partial charge in [-0.25, -0.2) is 0 Å². The van der Waals surface area contributed by atoms with Crippen LogP contribution in [0.3, 0.4) is 0 Å². The second-order valence-electron chi connectivity index (χ2n) is 6.14. The normalized spacial score (nSPS) is 15.5. The van der Waals surface area contributed by atoms with Gasteiger partial charge in [0.25, 0.3) is 0 Å². The Bertz CT molecular complexity index is 574. The van der Waals surface area contributed by atoms with E-state index in [0.29, 0.717) is 11.8 Å². The molecule has 21 heavy (non-hydrogen) atoms. The first kappa shape index (κ1) is 15.8. The monoisotopic (exact) mass is 281 g/mol. The Kier molecular flexibility index (Phi) is 5.19. The zero-order chi connectivity index (χ0) is 15.4. The van der Waals surface area contributed by atoms with Gasteiger partial charge in [0.15, 0.2) is 0 Å². The third-order valence-corrected chi connectivity index (χ3v) is 4.83. The number of hydrogen-bond donors (Lipinski definition) is 1. The van der Waals surface area contributed by atoms with Gasteiger partial charge in [0.2, 0.25) is 0 Å². The van der Waals surface area contributed by atoms with Gasteiger partial charge in [-0.1, -0.05) is 68.8 Å². The Balaban J connectivity index is 2.44. The molecule has 0 aliphatic rings. The van der Waals surface area contributed by atoms with Gasteiger partial charge in [0.1, 0.15) is 0 Å². The van der Waals surface area contributed by atoms with Crippen molar-refractivity contribution in [1.29, 1.82) is 0 Å². The maximum Gasteiger partial charge on any atom is 0.0369 e. The van der Waals surface area contributed by atoms with Crippen molar-refractivity contribution >= 4 is 0 Å². The molecule has 0 aliphatic carbocycles. The molecule has 3 atom stereocenters. The van der Waals surface area contributed by atoms with E-state index in [0.717, 1.165) is 6.42 Å². The molecule has 0 heterocycles. The van der Waals surface area contributed by atoms with E-state index in [4.69, 9.17) is 5.73 Å². The lowest BCUT2D eigenvalue weighted by Crippen LogP contribution is -2.25. The maximum absolute atomic E-state index is 6.72. The summed E-state index contributed by atoms with van der Waals surface area (Å²) >= 11 is 0. The van der Waals surface area contributed by atoms with Crippen LogP contribution in [0, 0.1) is 19.8 Å². The second-order valence-corrected chi connectivity index (χ2v) is 6.14. The molecule has 0 fully saturated rings. The van der Waals surface area contributed by atoms with Crippen LogP contribution < -0.4 is 5.73 Å². The fraction of sp³-hybridized carbons (Fsp3) is 0.400. The zero-order valence-corrected chi connectivity index (χ0v) is 13.6. The highest BCUT2D eigenvalue weighted by Gasteiger charge is 2.27. The van der Waals surface area contributed by atoms with Crippen LogP contribution in [-0.4, -0.2) is 0 Å². The van der Waals surface area contributed by atoms with E-state index in [2.05, 4.69) is 76.2 Å². The van der Waals surface area contributed by atoms with Crippen molar-refractivity contribution in [3.05, 3.63) is 70.8 Å². The molecule has 0 saturated heterocycles. The van der Waals surface area contributed by atoms with Crippen LogP contribution in [0.1, 0.15) is 54.5 Å². The van der Waals surface area contributed by atoms with Gasteiger partial charge in [-0.3, -0.25) is 0 Å². The van der Waals surface area contributed by atoms with Crippen LogP contribution in [0.4, 0.5) is 0 Å². The van der Waals surface area contributed by atoms with Crippen molar-refractivity contribution < 1.29 is 0 Å². The molecule has 2 rings (SSSR count). The van der Waals surface area contributed by atoms with E-state index < -0.39 is 0 Å². The van der Waals surface area contributed by atoms with Gasteiger partial charge < -0.3 is 5.73 Å². The molecule has 112 valence electrons. The summed E-state index contributed by atoms with van der Waals surface area (Å²) in [6.45, 7) is 8.90. The topological polar surface area (TPSA) is 26.0 Å². The van der Waals surface area contributed by atoms with Gasteiger partial charge in [-0.05, 0) is 42.0 Å². The van der Waals surface area contributed by atoms with Crippen LogP contribution in [0.15, 0.2) is 48.5 Å². The highest BCUT2D eigenvalue weighted by Crippen LogP contribution is 2.38. The van der Waals surface area contributed by atoms with E-state index in [1.807, 2.05) is 0 Å². The summed E-state index contributed by atoms with van der Waals surface area (Å²) in [5.41, 5.74) is 12.0. The molecular formula is C20H27N. The summed E-state index contributed by atoms with van der Waals surface area (Å²) in [5, 5.41) is 0. The molecule has 3 unspecified atom stereocenters. The molecular weight excluding hydrogens is 254 g/mol. The summed E-state index contributed by atoms with van der Waals surface area (Å²) in [6.07, 6.45) is 1.14. The summed E-state index contributed by atoms with van der Waals surface area (Å²) in [7, 11) is 0. The van der Waals surface area contributed by atoms with Gasteiger partial charge in [-0.2, -0.15) is 0 Å². The SMILES string of the molecule is CCC(C)C(c1ccccc1)C(N)c1cccc(C)c1C. The molecule has 2 aromatic rings. The highest BCUT2D eigenvalue weighted by atomic mass is 14.7. The van der Waals surface area contributed by atoms with Crippen LogP contribution in [0.2, 0.25) is 0 Å². The zero-order valence-electron chi connectivity index (χ0n) is 13.6. The molecule has 0 bridgehead atoms. The van der Waals surface area contributed by atoms with E-state index in [9.17, 15) is 0 Å². The van der Waals surface area contributed by atoms with Gasteiger partial charge in [0.05, 0.1) is 0 Å². The molecule has 0 saturated carbocycles. The predicted octanol–water partition coefficient (Wildman–Crippen LogP) is 5.13. The quantitative estimate of drug-likeness (QED) is 0.807. The van der Waals surface area contributed by atoms with Gasteiger partial charge in [-0.15, -0.1) is 0 Å². The Morgan fingerprint density at radius 1 is 0.952 bits per heavy atom. The van der Waals surface area contributed by atoms with Crippen molar-refractivity contribution in [2.24, 2.45) is 11.7 Å². The van der Waals surface area contributed by atoms with Gasteiger partial charge in [0, 0.05) is 12.0 Å². The van der Waals surface area contributed by atoms with Crippen LogP contribution in [0.25, 0.3) is 0 Å². The summed E-state index contributed by atoms with van der Waals surface area (Å²) < 4.78 is 0. The first-order valence-electron chi connectivity index (χ1n) is 7.92. The first-order valence-corrected chi connectivity index (χ1v) is 7.92. The Morgan fingerprint density at radius 3 is 2.24 bits per heavy atom. The largest absolute Gasteiger partial charge is 0.323 e. The lowest BCUT2D eigenvalue weighted by Gasteiger charge is -2.31. The lowest BCUT2D eigenvalue weighted by molar-refractivity contribution is 0.387. The van der Waals surface area contributed by atoms with Crippen LogP contribution >= 0.6 is 0 Å². The molecule has 0 aliphatic heterocycles.